The molecule has 2 aromatic carbocycles. The van der Waals surface area contributed by atoms with Crippen molar-refractivity contribution in [3.8, 4) is 0 Å². The van der Waals surface area contributed by atoms with E-state index in [2.05, 4.69) is 74.8 Å². The van der Waals surface area contributed by atoms with Crippen LogP contribution in [0.25, 0.3) is 11.1 Å². The number of benzene rings is 2. The van der Waals surface area contributed by atoms with Crippen LogP contribution in [-0.2, 0) is 24.4 Å². The fourth-order valence-corrected chi connectivity index (χ4v) is 11.4. The van der Waals surface area contributed by atoms with Gasteiger partial charge in [0.1, 0.15) is 0 Å². The van der Waals surface area contributed by atoms with Crippen molar-refractivity contribution in [2.24, 2.45) is 0 Å². The number of carbonyl (C=O) groups is 1. The second kappa shape index (κ2) is 51.6. The van der Waals surface area contributed by atoms with Gasteiger partial charge in [0.15, 0.2) is 5.78 Å². The van der Waals surface area contributed by atoms with E-state index in [9.17, 15) is 4.79 Å². The average molecular weight is 1060 g/mol. The molecular formula is C66H112N2OPd. The predicted octanol–water partition coefficient (Wildman–Crippen LogP) is 22.7. The number of ketones is 1. The zero-order valence-corrected chi connectivity index (χ0v) is 48.5. The Labute approximate surface area is 444 Å². The molecule has 0 aliphatic rings. The van der Waals surface area contributed by atoms with Gasteiger partial charge in [-0.1, -0.05) is 255 Å². The zero-order chi connectivity index (χ0) is 50.6. The number of allylic oxidation sites excluding steroid dienone is 2. The second-order valence-corrected chi connectivity index (χ2v) is 23.2. The minimum atomic E-state index is 0.232. The molecule has 2 aromatic rings. The Bertz CT molecular complexity index is 1570. The Morgan fingerprint density at radius 1 is 0.457 bits per heavy atom. The first kappa shape index (κ1) is 65.7. The number of nitrogens with zero attached hydrogens (tertiary/aromatic N) is 2. The summed E-state index contributed by atoms with van der Waals surface area (Å²) in [6.45, 7) is 11.0. The fraction of sp³-hybridized carbons (Fsp3) is 0.742. The van der Waals surface area contributed by atoms with Crippen molar-refractivity contribution in [2.75, 3.05) is 0 Å². The van der Waals surface area contributed by atoms with Crippen LogP contribution in [0.5, 0.6) is 0 Å². The van der Waals surface area contributed by atoms with E-state index in [4.69, 9.17) is 5.53 Å². The van der Waals surface area contributed by atoms with Crippen molar-refractivity contribution in [3.05, 3.63) is 88.0 Å². The van der Waals surface area contributed by atoms with Gasteiger partial charge in [0.2, 0.25) is 0 Å². The number of rotatable bonds is 48. The van der Waals surface area contributed by atoms with Crippen LogP contribution in [0, 0.1) is 0 Å². The molecule has 0 aliphatic heterocycles. The van der Waals surface area contributed by atoms with E-state index in [1.807, 2.05) is 25.1 Å². The molecule has 0 aromatic heterocycles. The molecular weight excluding hydrogens is 943 g/mol. The molecule has 0 aliphatic carbocycles. The summed E-state index contributed by atoms with van der Waals surface area (Å²) in [6.07, 6.45) is 59.1. The molecule has 0 atom stereocenters. The quantitative estimate of drug-likeness (QED) is 0.0124. The number of hydrogen-bond acceptors (Lipinski definition) is 1. The van der Waals surface area contributed by atoms with Gasteiger partial charge in [-0.05, 0) is 54.5 Å². The van der Waals surface area contributed by atoms with Crippen LogP contribution < -0.4 is 0 Å². The van der Waals surface area contributed by atoms with E-state index >= 15 is 0 Å². The van der Waals surface area contributed by atoms with Gasteiger partial charge >= 0.3 is 98.9 Å². The monoisotopic (exact) mass is 1050 g/mol. The van der Waals surface area contributed by atoms with Gasteiger partial charge in [-0.15, -0.1) is 4.79 Å². The molecule has 0 heterocycles. The molecule has 0 unspecified atom stereocenters. The van der Waals surface area contributed by atoms with Crippen LogP contribution in [0.1, 0.15) is 325 Å². The maximum atomic E-state index is 13.0. The van der Waals surface area contributed by atoms with Gasteiger partial charge in [0.05, 0.1) is 5.57 Å². The van der Waals surface area contributed by atoms with Gasteiger partial charge < -0.3 is 5.53 Å². The van der Waals surface area contributed by atoms with Crippen molar-refractivity contribution < 1.29 is 27.6 Å². The molecule has 0 saturated carbocycles. The first-order chi connectivity index (χ1) is 34.5. The van der Waals surface area contributed by atoms with Gasteiger partial charge in [0.25, 0.3) is 0 Å². The van der Waals surface area contributed by atoms with Crippen LogP contribution in [0.4, 0.5) is 0 Å². The topological polar surface area (TPSA) is 53.5 Å². The number of hydrogen-bond donors (Lipinski definition) is 0. The summed E-state index contributed by atoms with van der Waals surface area (Å²) in [4.78, 5) is 19.2. The van der Waals surface area contributed by atoms with Crippen molar-refractivity contribution >= 4 is 17.2 Å². The summed E-state index contributed by atoms with van der Waals surface area (Å²) in [5, 5.41) is 0. The Hall–Kier alpha value is -2.33. The number of carbonyl (C=O) groups excluding carboxylic acids is 1. The Morgan fingerprint density at radius 2 is 0.814 bits per heavy atom. The molecule has 0 fully saturated rings. The number of aryl methyl sites for hydroxylation is 1. The van der Waals surface area contributed by atoms with E-state index < -0.39 is 0 Å². The molecule has 0 bridgehead atoms. The summed E-state index contributed by atoms with van der Waals surface area (Å²) < 4.78 is 0. The molecule has 402 valence electrons. The molecule has 0 spiro atoms. The fourth-order valence-electron chi connectivity index (χ4n) is 9.50. The minimum absolute atomic E-state index is 0.232. The summed E-state index contributed by atoms with van der Waals surface area (Å²) in [7, 11) is 0. The molecule has 70 heavy (non-hydrogen) atoms. The Kier molecular flexibility index (Phi) is 48.4. The SMILES string of the molecule is CCCCCCCCCCCCCCCCCCCCCCCCCc1cccc(C(=CC(C)=C=[N+]=[N-])c2ccc(C(=O)CCCCCCCCCCC)cc2)c1.CCCCC[CH2][Pd][CH2]CCCCC. The zero-order valence-electron chi connectivity index (χ0n) is 46.9. The first-order valence-electron chi connectivity index (χ1n) is 30.3. The van der Waals surface area contributed by atoms with Gasteiger partial charge in [-0.25, -0.2) is 0 Å². The second-order valence-electron chi connectivity index (χ2n) is 20.9. The Balaban J connectivity index is 0.00000164. The number of unbranched alkanes of at least 4 members (excludes halogenated alkanes) is 36. The van der Waals surface area contributed by atoms with Crippen LogP contribution in [0.2, 0.25) is 9.79 Å². The van der Waals surface area contributed by atoms with E-state index in [1.54, 1.807) is 0 Å². The van der Waals surface area contributed by atoms with Crippen LogP contribution >= 0.6 is 0 Å². The van der Waals surface area contributed by atoms with Crippen molar-refractivity contribution in [2.45, 2.75) is 314 Å². The van der Waals surface area contributed by atoms with E-state index in [1.165, 1.54) is 259 Å². The van der Waals surface area contributed by atoms with Crippen molar-refractivity contribution in [1.82, 2.24) is 0 Å². The molecule has 0 saturated heterocycles. The number of Topliss-reactive ketones (excluding diaryl/α,β-unsaturated/α-hetero) is 1. The predicted molar refractivity (Wildman–Crippen MR) is 307 cm³/mol. The molecule has 4 heteroatoms. The maximum absolute atomic E-state index is 13.0. The van der Waals surface area contributed by atoms with E-state index in [0.29, 0.717) is 6.42 Å². The average Bonchev–Trinajstić information content (AvgIpc) is 3.37. The van der Waals surface area contributed by atoms with Gasteiger partial charge in [0, 0.05) is 12.0 Å². The molecule has 2 rings (SSSR count). The van der Waals surface area contributed by atoms with Crippen LogP contribution in [0.3, 0.4) is 0 Å². The molecule has 0 radical (unpaired) electrons. The van der Waals surface area contributed by atoms with Gasteiger partial charge in [-0.3, -0.25) is 4.79 Å². The first-order valence-corrected chi connectivity index (χ1v) is 32.5. The molecule has 3 nitrogen and oxygen atoms in total. The standard InChI is InChI=1S/C54H86N2O.2C6H13.Pd/c1-4-6-8-10-12-14-15-16-17-18-19-20-21-22-23-24-25-26-27-29-30-32-34-37-49-38-36-39-52(46-49)53(45-48(3)47-56-55)50-41-43-51(44-42-50)54(57)40-35-33-31-28-13-11-9-7-5-2;2*1-3-5-6-4-2;/h36,38-39,41-46H,4-35,37,40H2,1-3H3;2*1,3-6H2,2H3;. The van der Waals surface area contributed by atoms with Crippen molar-refractivity contribution in [3.63, 3.8) is 0 Å². The third-order valence-electron chi connectivity index (χ3n) is 14.1. The third-order valence-corrected chi connectivity index (χ3v) is 16.3. The third kappa shape index (κ3) is 40.2. The van der Waals surface area contributed by atoms with E-state index in [0.717, 1.165) is 65.1 Å². The van der Waals surface area contributed by atoms with Crippen LogP contribution in [0.15, 0.2) is 60.2 Å². The summed E-state index contributed by atoms with van der Waals surface area (Å²) in [5.74, 6) is 2.90. The van der Waals surface area contributed by atoms with Gasteiger partial charge in [-0.2, -0.15) is 0 Å². The Morgan fingerprint density at radius 3 is 1.21 bits per heavy atom. The summed E-state index contributed by atoms with van der Waals surface area (Å²) in [6, 6.07) is 16.9. The summed E-state index contributed by atoms with van der Waals surface area (Å²) in [5.41, 5.74) is 15.2. The normalized spacial score (nSPS) is 11.4. The molecule has 0 amide bonds. The van der Waals surface area contributed by atoms with Crippen LogP contribution in [-0.4, -0.2) is 16.4 Å². The van der Waals surface area contributed by atoms with Crippen molar-refractivity contribution in [1.29, 1.82) is 0 Å². The molecule has 0 N–H and O–H groups in total. The summed E-state index contributed by atoms with van der Waals surface area (Å²) >= 11 is 1.07. The van der Waals surface area contributed by atoms with E-state index in [-0.39, 0.29) is 5.78 Å².